The molecule has 0 unspecified atom stereocenters. The average Bonchev–Trinajstić information content (AvgIpc) is 2.95. The third-order valence-electron chi connectivity index (χ3n) is 6.70. The van der Waals surface area contributed by atoms with Crippen molar-refractivity contribution < 1.29 is 26.3 Å². The van der Waals surface area contributed by atoms with Gasteiger partial charge in [0.1, 0.15) is 11.1 Å². The second-order valence-electron chi connectivity index (χ2n) is 9.34. The summed E-state index contributed by atoms with van der Waals surface area (Å²) >= 11 is 0. The van der Waals surface area contributed by atoms with Crippen molar-refractivity contribution in [3.8, 4) is 0 Å². The normalized spacial score (nSPS) is 18.3. The van der Waals surface area contributed by atoms with Crippen molar-refractivity contribution in [1.82, 2.24) is 9.29 Å². The number of fused-ring (bicyclic) bond motifs is 1. The zero-order valence-corrected chi connectivity index (χ0v) is 22.0. The molecule has 202 valence electrons. The minimum Gasteiger partial charge on any atom is -0.357 e. The van der Waals surface area contributed by atoms with Gasteiger partial charge in [-0.05, 0) is 41.8 Å². The molecule has 0 amide bonds. The van der Waals surface area contributed by atoms with E-state index in [2.05, 4.69) is 4.98 Å². The Morgan fingerprint density at radius 2 is 1.67 bits per heavy atom. The number of para-hydroxylation sites is 1. The highest BCUT2D eigenvalue weighted by molar-refractivity contribution is 7.89. The first kappa shape index (κ1) is 26.9. The van der Waals surface area contributed by atoms with Gasteiger partial charge in [0, 0.05) is 30.5 Å². The van der Waals surface area contributed by atoms with Crippen molar-refractivity contribution in [2.75, 3.05) is 6.61 Å². The van der Waals surface area contributed by atoms with Gasteiger partial charge >= 0.3 is 6.18 Å². The minimum absolute atomic E-state index is 0.00155. The maximum absolute atomic E-state index is 14.4. The van der Waals surface area contributed by atoms with Crippen molar-refractivity contribution in [2.24, 2.45) is 0 Å². The molecule has 3 aromatic carbocycles. The van der Waals surface area contributed by atoms with Crippen LogP contribution in [0.25, 0.3) is 16.6 Å². The van der Waals surface area contributed by atoms with Crippen molar-refractivity contribution >= 4 is 26.6 Å². The third-order valence-corrected chi connectivity index (χ3v) is 8.53. The summed E-state index contributed by atoms with van der Waals surface area (Å²) in [5.41, 5.74) is 1.05. The van der Waals surface area contributed by atoms with Gasteiger partial charge in [0.15, 0.2) is 0 Å². The molecule has 4 aromatic rings. The zero-order chi connectivity index (χ0) is 27.6. The minimum atomic E-state index is -4.51. The van der Waals surface area contributed by atoms with Crippen LogP contribution in [0.5, 0.6) is 0 Å². The lowest BCUT2D eigenvalue weighted by molar-refractivity contribution is -0.137. The molecule has 5 rings (SSSR count). The first-order valence-corrected chi connectivity index (χ1v) is 14.1. The number of ether oxygens (including phenoxy) is 1. The number of aromatic nitrogens is 1. The molecule has 2 heterocycles. The Labute approximate surface area is 225 Å². The summed E-state index contributed by atoms with van der Waals surface area (Å²) in [5.74, 6) is -0.220. The van der Waals surface area contributed by atoms with E-state index < -0.39 is 28.0 Å². The summed E-state index contributed by atoms with van der Waals surface area (Å²) < 4.78 is 76.2. The lowest BCUT2D eigenvalue weighted by Gasteiger charge is -2.40. The van der Waals surface area contributed by atoms with Gasteiger partial charge in [-0.2, -0.15) is 13.2 Å². The van der Waals surface area contributed by atoms with Crippen molar-refractivity contribution in [3.05, 3.63) is 114 Å². The molecule has 1 aromatic heterocycles. The first-order chi connectivity index (χ1) is 18.7. The van der Waals surface area contributed by atoms with E-state index in [1.54, 1.807) is 30.3 Å². The number of pyridine rings is 1. The highest BCUT2D eigenvalue weighted by Crippen LogP contribution is 2.42. The highest BCUT2D eigenvalue weighted by Gasteiger charge is 2.40. The Bertz CT molecular complexity index is 1580. The molecular weight excluding hydrogens is 525 g/mol. The predicted molar refractivity (Wildman–Crippen MR) is 144 cm³/mol. The molecule has 0 fully saturated rings. The maximum atomic E-state index is 14.4. The first-order valence-electron chi connectivity index (χ1n) is 12.6. The van der Waals surface area contributed by atoms with Crippen molar-refractivity contribution in [2.45, 2.75) is 43.0 Å². The molecule has 0 N–H and O–H groups in total. The summed E-state index contributed by atoms with van der Waals surface area (Å²) in [4.78, 5) is 4.34. The summed E-state index contributed by atoms with van der Waals surface area (Å²) in [7, 11) is -4.25. The molecule has 1 aliphatic rings. The summed E-state index contributed by atoms with van der Waals surface area (Å²) in [6.07, 6.45) is -1.07. The molecule has 2 atom stereocenters. The number of benzene rings is 3. The van der Waals surface area contributed by atoms with E-state index in [9.17, 15) is 21.6 Å². The maximum Gasteiger partial charge on any atom is 0.416 e. The van der Waals surface area contributed by atoms with E-state index >= 15 is 0 Å². The van der Waals surface area contributed by atoms with Crippen LogP contribution in [0.3, 0.4) is 0 Å². The third kappa shape index (κ3) is 5.42. The van der Waals surface area contributed by atoms with E-state index in [0.717, 1.165) is 17.7 Å². The number of rotatable bonds is 7. The molecule has 5 nitrogen and oxygen atoms in total. The van der Waals surface area contributed by atoms with Gasteiger partial charge in [0.05, 0.1) is 16.8 Å². The van der Waals surface area contributed by atoms with Gasteiger partial charge in [-0.1, -0.05) is 73.7 Å². The number of allylic oxidation sites excluding steroid dienone is 1. The number of hydrogen-bond acceptors (Lipinski definition) is 4. The van der Waals surface area contributed by atoms with Crippen LogP contribution >= 0.6 is 0 Å². The van der Waals surface area contributed by atoms with Crippen LogP contribution in [-0.4, -0.2) is 30.5 Å². The van der Waals surface area contributed by atoms with E-state index in [4.69, 9.17) is 4.74 Å². The standard InChI is InChI=1S/C30H27F3N2O3S/c1-2-18-38-28-20-24(21-8-4-3-5-9-21)19-26(22-13-15-25(16-14-22)30(31,32)33)35(28)39(36,37)27-12-6-10-23-11-7-17-34-29(23)27/h3-17,19,24,28H,2,18,20H2,1H3/t24-,28-/m1/s1. The molecule has 0 bridgehead atoms. The van der Waals surface area contributed by atoms with Crippen LogP contribution in [0.15, 0.2) is 102 Å². The monoisotopic (exact) mass is 552 g/mol. The van der Waals surface area contributed by atoms with E-state index in [-0.39, 0.29) is 16.5 Å². The molecule has 39 heavy (non-hydrogen) atoms. The van der Waals surface area contributed by atoms with Crippen LogP contribution in [0, 0.1) is 0 Å². The molecule has 0 saturated heterocycles. The Morgan fingerprint density at radius 3 is 2.36 bits per heavy atom. The second-order valence-corrected chi connectivity index (χ2v) is 11.1. The molecule has 9 heteroatoms. The Morgan fingerprint density at radius 1 is 0.949 bits per heavy atom. The van der Waals surface area contributed by atoms with Crippen LogP contribution in [0.2, 0.25) is 0 Å². The number of hydrogen-bond donors (Lipinski definition) is 0. The Kier molecular flexibility index (Phi) is 7.46. The number of sulfonamides is 1. The molecule has 0 spiro atoms. The molecule has 0 aliphatic carbocycles. The van der Waals surface area contributed by atoms with Crippen LogP contribution in [0.4, 0.5) is 13.2 Å². The zero-order valence-electron chi connectivity index (χ0n) is 21.2. The fraction of sp³-hybridized carbons (Fsp3) is 0.233. The van der Waals surface area contributed by atoms with Gasteiger partial charge in [-0.15, -0.1) is 0 Å². The van der Waals surface area contributed by atoms with Crippen LogP contribution in [0.1, 0.15) is 42.4 Å². The topological polar surface area (TPSA) is 59.5 Å². The van der Waals surface area contributed by atoms with Gasteiger partial charge in [-0.25, -0.2) is 12.7 Å². The highest BCUT2D eigenvalue weighted by atomic mass is 32.2. The van der Waals surface area contributed by atoms with E-state index in [1.165, 1.54) is 28.7 Å². The largest absolute Gasteiger partial charge is 0.416 e. The number of halogens is 3. The Hall–Kier alpha value is -3.69. The fourth-order valence-electron chi connectivity index (χ4n) is 4.85. The quantitative estimate of drug-likeness (QED) is 0.243. The van der Waals surface area contributed by atoms with Gasteiger partial charge in [0.25, 0.3) is 10.0 Å². The Balaban J connectivity index is 1.71. The van der Waals surface area contributed by atoms with Gasteiger partial charge < -0.3 is 4.74 Å². The van der Waals surface area contributed by atoms with Gasteiger partial charge in [-0.3, -0.25) is 4.98 Å². The van der Waals surface area contributed by atoms with E-state index in [1.807, 2.05) is 37.3 Å². The summed E-state index contributed by atoms with van der Waals surface area (Å²) in [6.45, 7) is 2.24. The predicted octanol–water partition coefficient (Wildman–Crippen LogP) is 7.23. The molecule has 1 aliphatic heterocycles. The average molecular weight is 553 g/mol. The number of nitrogens with zero attached hydrogens (tertiary/aromatic N) is 2. The summed E-state index contributed by atoms with van der Waals surface area (Å²) in [6, 6.07) is 22.6. The van der Waals surface area contributed by atoms with Crippen molar-refractivity contribution in [3.63, 3.8) is 0 Å². The SMILES string of the molecule is CCCO[C@@H]1C[C@H](c2ccccc2)C=C(c2ccc(C(F)(F)F)cc2)N1S(=O)(=O)c1cccc2cccnc12. The van der Waals surface area contributed by atoms with Gasteiger partial charge in [0.2, 0.25) is 0 Å². The smallest absolute Gasteiger partial charge is 0.357 e. The molecule has 0 radical (unpaired) electrons. The lowest BCUT2D eigenvalue weighted by Crippen LogP contribution is -2.44. The van der Waals surface area contributed by atoms with Crippen LogP contribution < -0.4 is 0 Å². The fourth-order valence-corrected chi connectivity index (χ4v) is 6.61. The lowest BCUT2D eigenvalue weighted by atomic mass is 9.90. The molecular formula is C30H27F3N2O3S. The molecule has 0 saturated carbocycles. The summed E-state index contributed by atoms with van der Waals surface area (Å²) in [5, 5.41) is 0.656. The second kappa shape index (κ2) is 10.8. The van der Waals surface area contributed by atoms with Crippen LogP contribution in [-0.2, 0) is 20.9 Å². The van der Waals surface area contributed by atoms with E-state index in [0.29, 0.717) is 35.9 Å². The van der Waals surface area contributed by atoms with Crippen molar-refractivity contribution in [1.29, 1.82) is 0 Å². The number of alkyl halides is 3.